The van der Waals surface area contributed by atoms with E-state index in [4.69, 9.17) is 5.73 Å². The Morgan fingerprint density at radius 2 is 2.00 bits per heavy atom. The van der Waals surface area contributed by atoms with Gasteiger partial charge in [0.25, 0.3) is 5.84 Å². The van der Waals surface area contributed by atoms with Crippen LogP contribution >= 0.6 is 0 Å². The smallest absolute Gasteiger partial charge is 0.262 e. The van der Waals surface area contributed by atoms with Crippen molar-refractivity contribution in [2.45, 2.75) is 18.4 Å². The molecule has 0 saturated carbocycles. The Morgan fingerprint density at radius 1 is 1.33 bits per heavy atom. The minimum Gasteiger partial charge on any atom is -1.00 e. The normalized spacial score (nSPS) is 26.5. The summed E-state index contributed by atoms with van der Waals surface area (Å²) in [7, 11) is 0. The first-order valence-electron chi connectivity index (χ1n) is 4.16. The zero-order valence-electron chi connectivity index (χ0n) is 6.99. The van der Waals surface area contributed by atoms with Crippen LogP contribution in [0.15, 0.2) is 0 Å². The van der Waals surface area contributed by atoms with Gasteiger partial charge in [0.2, 0.25) is 0 Å². The lowest BCUT2D eigenvalue weighted by atomic mass is 9.88. The van der Waals surface area contributed by atoms with E-state index < -0.39 is 0 Å². The van der Waals surface area contributed by atoms with Crippen LogP contribution in [0.25, 0.3) is 0 Å². The highest BCUT2D eigenvalue weighted by molar-refractivity contribution is 5.86. The number of nitrogens with two attached hydrogens (primary N) is 1. The maximum absolute atomic E-state index is 5.86. The van der Waals surface area contributed by atoms with Gasteiger partial charge in [-0.2, -0.15) is 0 Å². The first-order valence-corrected chi connectivity index (χ1v) is 4.16. The quantitative estimate of drug-likeness (QED) is 0.308. The van der Waals surface area contributed by atoms with Crippen molar-refractivity contribution in [2.24, 2.45) is 5.73 Å². The summed E-state index contributed by atoms with van der Waals surface area (Å²) in [5, 5.41) is 6.73. The second-order valence-corrected chi connectivity index (χ2v) is 3.28. The average Bonchev–Trinajstić information content (AvgIpc) is 2.36. The maximum Gasteiger partial charge on any atom is 0.262 e. The fourth-order valence-corrected chi connectivity index (χ4v) is 1.87. The number of halogens is 1. The zero-order valence-corrected chi connectivity index (χ0v) is 7.75. The molecule has 5 N–H and O–H groups in total. The Hall–Kier alpha value is -0.320. The molecule has 12 heavy (non-hydrogen) atoms. The monoisotopic (exact) mass is 190 g/mol. The summed E-state index contributed by atoms with van der Waals surface area (Å²) in [5.74, 6) is 0.930. The Balaban J connectivity index is 0.000000720. The fourth-order valence-electron chi connectivity index (χ4n) is 1.87. The third-order valence-corrected chi connectivity index (χ3v) is 2.68. The highest BCUT2D eigenvalue weighted by atomic mass is 35.5. The lowest BCUT2D eigenvalue weighted by Crippen LogP contribution is -3.00. The summed E-state index contributed by atoms with van der Waals surface area (Å²) in [6, 6.07) is 0. The molecule has 2 aliphatic rings. The van der Waals surface area contributed by atoms with Crippen molar-refractivity contribution in [3.8, 4) is 0 Å². The average molecular weight is 191 g/mol. The van der Waals surface area contributed by atoms with Crippen molar-refractivity contribution < 1.29 is 17.4 Å². The number of piperidine rings is 1. The largest absolute Gasteiger partial charge is 1.00 e. The summed E-state index contributed by atoms with van der Waals surface area (Å²) in [6.07, 6.45) is 2.21. The van der Waals surface area contributed by atoms with Crippen molar-refractivity contribution >= 4 is 5.84 Å². The third-order valence-electron chi connectivity index (χ3n) is 2.68. The molecule has 1 fully saturated rings. The molecule has 5 heteroatoms. The van der Waals surface area contributed by atoms with E-state index in [2.05, 4.69) is 15.6 Å². The molecule has 0 aromatic heterocycles. The molecule has 0 atom stereocenters. The van der Waals surface area contributed by atoms with E-state index >= 15 is 0 Å². The second-order valence-electron chi connectivity index (χ2n) is 3.28. The van der Waals surface area contributed by atoms with Gasteiger partial charge >= 0.3 is 0 Å². The number of hydrogen-bond donors (Lipinski definition) is 4. The van der Waals surface area contributed by atoms with Crippen molar-refractivity contribution in [1.82, 2.24) is 10.6 Å². The number of hydrogen-bond acceptors (Lipinski definition) is 3. The topological polar surface area (TPSA) is 64.0 Å². The molecule has 2 aliphatic heterocycles. The molecule has 1 saturated heterocycles. The van der Waals surface area contributed by atoms with Gasteiger partial charge < -0.3 is 17.7 Å². The van der Waals surface area contributed by atoms with E-state index in [9.17, 15) is 0 Å². The van der Waals surface area contributed by atoms with Crippen LogP contribution in [0.1, 0.15) is 12.8 Å². The molecule has 2 heterocycles. The van der Waals surface area contributed by atoms with Gasteiger partial charge in [-0.15, -0.1) is 0 Å². The lowest BCUT2D eigenvalue weighted by molar-refractivity contribution is -0.452. The SMILES string of the molecule is NC1=[NH+]CNC12CCNCC2.[Cl-]. The van der Waals surface area contributed by atoms with Crippen LogP contribution in [0, 0.1) is 0 Å². The Bertz CT molecular complexity index is 186. The van der Waals surface area contributed by atoms with Crippen molar-refractivity contribution in [3.63, 3.8) is 0 Å². The molecule has 0 aromatic rings. The van der Waals surface area contributed by atoms with Gasteiger partial charge in [0.05, 0.1) is 0 Å². The van der Waals surface area contributed by atoms with Crippen LogP contribution in [0.2, 0.25) is 0 Å². The molecule has 0 radical (unpaired) electrons. The summed E-state index contributed by atoms with van der Waals surface area (Å²) in [6.45, 7) is 2.95. The van der Waals surface area contributed by atoms with E-state index in [1.807, 2.05) is 0 Å². The third kappa shape index (κ3) is 1.42. The molecular weight excluding hydrogens is 176 g/mol. The number of nitrogens with one attached hydrogen (secondary N) is 3. The van der Waals surface area contributed by atoms with Crippen LogP contribution in [-0.4, -0.2) is 31.1 Å². The minimum absolute atomic E-state index is 0. The summed E-state index contributed by atoms with van der Waals surface area (Å²) in [4.78, 5) is 3.14. The van der Waals surface area contributed by atoms with Crippen molar-refractivity contribution in [2.75, 3.05) is 19.8 Å². The first kappa shape index (κ1) is 9.77. The standard InChI is InChI=1S/C7H14N4.ClH/c8-6-7(11-5-10-6)1-3-9-4-2-7;/h9,11H,1-5H2,(H2,8,10);1H. The van der Waals surface area contributed by atoms with Crippen LogP contribution in [-0.2, 0) is 0 Å². The Kier molecular flexibility index (Phi) is 2.93. The summed E-state index contributed by atoms with van der Waals surface area (Å²) < 4.78 is 0. The number of rotatable bonds is 0. The molecule has 0 unspecified atom stereocenters. The molecule has 4 nitrogen and oxygen atoms in total. The molecular formula is C7H15ClN4. The molecule has 0 amide bonds. The van der Waals surface area contributed by atoms with Crippen LogP contribution < -0.4 is 33.8 Å². The minimum atomic E-state index is 0. The van der Waals surface area contributed by atoms with Gasteiger partial charge in [-0.25, -0.2) is 0 Å². The highest BCUT2D eigenvalue weighted by Gasteiger charge is 2.42. The Labute approximate surface area is 78.4 Å². The molecule has 0 bridgehead atoms. The van der Waals surface area contributed by atoms with Gasteiger partial charge in [-0.05, 0) is 25.9 Å². The van der Waals surface area contributed by atoms with Crippen molar-refractivity contribution in [1.29, 1.82) is 0 Å². The fraction of sp³-hybridized carbons (Fsp3) is 0.857. The van der Waals surface area contributed by atoms with Crippen LogP contribution in [0.4, 0.5) is 0 Å². The first-order chi connectivity index (χ1) is 5.33. The second kappa shape index (κ2) is 3.60. The number of amidine groups is 1. The zero-order chi connectivity index (χ0) is 7.73. The van der Waals surface area contributed by atoms with Crippen molar-refractivity contribution in [3.05, 3.63) is 0 Å². The van der Waals surface area contributed by atoms with E-state index in [-0.39, 0.29) is 17.9 Å². The molecule has 0 aliphatic carbocycles. The highest BCUT2D eigenvalue weighted by Crippen LogP contribution is 2.17. The van der Waals surface area contributed by atoms with Crippen LogP contribution in [0.5, 0.6) is 0 Å². The van der Waals surface area contributed by atoms with E-state index in [1.165, 1.54) is 0 Å². The van der Waals surface area contributed by atoms with Crippen LogP contribution in [0.3, 0.4) is 0 Å². The maximum atomic E-state index is 5.86. The molecule has 1 spiro atoms. The predicted molar refractivity (Wildman–Crippen MR) is 43.0 cm³/mol. The van der Waals surface area contributed by atoms with Gasteiger partial charge in [0.1, 0.15) is 12.2 Å². The van der Waals surface area contributed by atoms with E-state index in [0.717, 1.165) is 38.4 Å². The summed E-state index contributed by atoms with van der Waals surface area (Å²) >= 11 is 0. The Morgan fingerprint density at radius 3 is 2.50 bits per heavy atom. The van der Waals surface area contributed by atoms with Gasteiger partial charge in [0.15, 0.2) is 0 Å². The predicted octanol–water partition coefficient (Wildman–Crippen LogP) is -5.89. The van der Waals surface area contributed by atoms with Gasteiger partial charge in [0, 0.05) is 0 Å². The van der Waals surface area contributed by atoms with Gasteiger partial charge in [-0.3, -0.25) is 16.0 Å². The molecule has 70 valence electrons. The van der Waals surface area contributed by atoms with E-state index in [0.29, 0.717) is 0 Å². The molecule has 2 rings (SSSR count). The van der Waals surface area contributed by atoms with E-state index in [1.54, 1.807) is 0 Å². The summed E-state index contributed by atoms with van der Waals surface area (Å²) in [5.41, 5.74) is 5.96. The molecule has 0 aromatic carbocycles. The van der Waals surface area contributed by atoms with Gasteiger partial charge in [-0.1, -0.05) is 0 Å². The lowest BCUT2D eigenvalue weighted by Gasteiger charge is -2.30.